The molecule has 0 aliphatic carbocycles. The molecule has 0 aliphatic rings. The van der Waals surface area contributed by atoms with E-state index in [1.165, 1.54) is 22.3 Å². The molecule has 2 aromatic heterocycles. The monoisotopic (exact) mass is 405 g/mol. The van der Waals surface area contributed by atoms with E-state index in [1.807, 2.05) is 66.0 Å². The lowest BCUT2D eigenvalue weighted by Crippen LogP contribution is -2.25. The summed E-state index contributed by atoms with van der Waals surface area (Å²) in [6.45, 7) is 1.08. The van der Waals surface area contributed by atoms with Crippen molar-refractivity contribution in [2.24, 2.45) is 0 Å². The Morgan fingerprint density at radius 1 is 1.03 bits per heavy atom. The van der Waals surface area contributed by atoms with Gasteiger partial charge in [0.1, 0.15) is 23.6 Å². The molecule has 4 aromatic rings. The van der Waals surface area contributed by atoms with E-state index in [9.17, 15) is 4.79 Å². The minimum atomic E-state index is -0.131. The third-order valence-corrected chi connectivity index (χ3v) is 5.22. The van der Waals surface area contributed by atoms with Crippen LogP contribution in [0.15, 0.2) is 72.4 Å². The van der Waals surface area contributed by atoms with Crippen LogP contribution in [0.5, 0.6) is 5.75 Å². The fraction of sp³-hybridized carbons (Fsp3) is 0.143. The van der Waals surface area contributed by atoms with E-state index in [1.54, 1.807) is 0 Å². The zero-order chi connectivity index (χ0) is 19.9. The maximum atomic E-state index is 12.5. The predicted molar refractivity (Wildman–Crippen MR) is 110 cm³/mol. The molecular weight excluding hydrogens is 386 g/mol. The van der Waals surface area contributed by atoms with E-state index >= 15 is 0 Å². The summed E-state index contributed by atoms with van der Waals surface area (Å²) < 4.78 is 7.29. The summed E-state index contributed by atoms with van der Waals surface area (Å²) in [4.78, 5) is 13.1. The average Bonchev–Trinajstić information content (AvgIpc) is 3.45. The highest BCUT2D eigenvalue weighted by Gasteiger charge is 2.15. The quantitative estimate of drug-likeness (QED) is 0.487. The van der Waals surface area contributed by atoms with Crippen molar-refractivity contribution in [3.63, 3.8) is 0 Å². The van der Waals surface area contributed by atoms with Crippen LogP contribution in [0.3, 0.4) is 0 Å². The number of ether oxygens (including phenoxy) is 1. The molecule has 0 saturated carbocycles. The molecule has 29 heavy (non-hydrogen) atoms. The second kappa shape index (κ2) is 9.11. The third-order valence-electron chi connectivity index (χ3n) is 4.32. The van der Waals surface area contributed by atoms with E-state index in [0.717, 1.165) is 23.3 Å². The number of hydrogen-bond donors (Lipinski definition) is 1. The van der Waals surface area contributed by atoms with Crippen molar-refractivity contribution < 1.29 is 9.53 Å². The minimum Gasteiger partial charge on any atom is -0.489 e. The third kappa shape index (κ3) is 4.85. The van der Waals surface area contributed by atoms with Crippen LogP contribution in [0.1, 0.15) is 20.8 Å². The highest BCUT2D eigenvalue weighted by Crippen LogP contribution is 2.20. The van der Waals surface area contributed by atoms with Gasteiger partial charge < -0.3 is 10.1 Å². The number of carbonyl (C=O) groups is 1. The number of tetrazole rings is 1. The smallest absolute Gasteiger partial charge is 0.263 e. The van der Waals surface area contributed by atoms with Gasteiger partial charge in [-0.15, -0.1) is 16.4 Å². The van der Waals surface area contributed by atoms with Crippen LogP contribution in [-0.4, -0.2) is 32.7 Å². The molecule has 0 fully saturated rings. The Bertz CT molecular complexity index is 1050. The lowest BCUT2D eigenvalue weighted by atomic mass is 10.1. The molecule has 0 bridgehead atoms. The van der Waals surface area contributed by atoms with Crippen LogP contribution < -0.4 is 10.1 Å². The standard InChI is InChI=1S/C21H19N5O2S/c27-21(20-19(11-13-29-20)26-15-23-24-25-26)22-12-10-16-6-8-18(9-7-16)28-14-17-4-2-1-3-5-17/h1-9,11,13,15H,10,12,14H2,(H,22,27). The van der Waals surface area contributed by atoms with Gasteiger partial charge in [-0.2, -0.15) is 4.68 Å². The van der Waals surface area contributed by atoms with Crippen LogP contribution in [-0.2, 0) is 13.0 Å². The maximum absolute atomic E-state index is 12.5. The first kappa shape index (κ1) is 18.8. The highest BCUT2D eigenvalue weighted by molar-refractivity contribution is 7.12. The molecule has 0 aliphatic heterocycles. The molecule has 0 atom stereocenters. The number of thiophene rings is 1. The van der Waals surface area contributed by atoms with E-state index in [2.05, 4.69) is 20.8 Å². The molecule has 146 valence electrons. The van der Waals surface area contributed by atoms with Crippen LogP contribution in [0.25, 0.3) is 5.69 Å². The number of nitrogens with one attached hydrogen (secondary N) is 1. The molecule has 0 radical (unpaired) electrons. The first-order valence-corrected chi connectivity index (χ1v) is 10.0. The van der Waals surface area contributed by atoms with E-state index in [4.69, 9.17) is 4.74 Å². The Morgan fingerprint density at radius 2 is 1.86 bits per heavy atom. The largest absolute Gasteiger partial charge is 0.489 e. The van der Waals surface area contributed by atoms with Gasteiger partial charge in [0.05, 0.1) is 5.69 Å². The minimum absolute atomic E-state index is 0.131. The molecule has 8 heteroatoms. The molecule has 4 rings (SSSR count). The van der Waals surface area contributed by atoms with Crippen LogP contribution >= 0.6 is 11.3 Å². The number of benzene rings is 2. The number of amides is 1. The lowest BCUT2D eigenvalue weighted by Gasteiger charge is -2.08. The van der Waals surface area contributed by atoms with Crippen molar-refractivity contribution in [3.8, 4) is 11.4 Å². The Morgan fingerprint density at radius 3 is 2.62 bits per heavy atom. The van der Waals surface area contributed by atoms with Gasteiger partial charge in [0.2, 0.25) is 0 Å². The Hall–Kier alpha value is -3.52. The summed E-state index contributed by atoms with van der Waals surface area (Å²) in [5.41, 5.74) is 2.94. The average molecular weight is 405 g/mol. The maximum Gasteiger partial charge on any atom is 0.263 e. The van der Waals surface area contributed by atoms with Crippen molar-refractivity contribution in [1.82, 2.24) is 25.5 Å². The van der Waals surface area contributed by atoms with Gasteiger partial charge >= 0.3 is 0 Å². The Balaban J connectivity index is 1.27. The van der Waals surface area contributed by atoms with Crippen molar-refractivity contribution in [2.75, 3.05) is 6.54 Å². The van der Waals surface area contributed by atoms with Crippen LogP contribution in [0.4, 0.5) is 0 Å². The summed E-state index contributed by atoms with van der Waals surface area (Å²) in [6, 6.07) is 19.8. The van der Waals surface area contributed by atoms with Gasteiger partial charge in [0.15, 0.2) is 0 Å². The fourth-order valence-electron chi connectivity index (χ4n) is 2.82. The zero-order valence-corrected chi connectivity index (χ0v) is 16.4. The Labute approximate surface area is 172 Å². The zero-order valence-electron chi connectivity index (χ0n) is 15.6. The van der Waals surface area contributed by atoms with Gasteiger partial charge in [0.25, 0.3) is 5.91 Å². The van der Waals surface area contributed by atoms with Gasteiger partial charge in [-0.25, -0.2) is 0 Å². The summed E-state index contributed by atoms with van der Waals surface area (Å²) >= 11 is 1.36. The van der Waals surface area contributed by atoms with Crippen LogP contribution in [0, 0.1) is 0 Å². The predicted octanol–water partition coefficient (Wildman–Crippen LogP) is 3.28. The molecule has 2 aromatic carbocycles. The number of nitrogens with zero attached hydrogens (tertiary/aromatic N) is 4. The van der Waals surface area contributed by atoms with E-state index in [-0.39, 0.29) is 5.91 Å². The van der Waals surface area contributed by atoms with Crippen molar-refractivity contribution in [3.05, 3.63) is 88.4 Å². The second-order valence-electron chi connectivity index (χ2n) is 6.31. The lowest BCUT2D eigenvalue weighted by molar-refractivity contribution is 0.0958. The van der Waals surface area contributed by atoms with Gasteiger partial charge in [0, 0.05) is 6.54 Å². The topological polar surface area (TPSA) is 81.9 Å². The summed E-state index contributed by atoms with van der Waals surface area (Å²) in [5, 5.41) is 15.9. The number of aromatic nitrogens is 4. The van der Waals surface area contributed by atoms with Gasteiger partial charge in [-0.3, -0.25) is 4.79 Å². The molecule has 0 spiro atoms. The fourth-order valence-corrected chi connectivity index (χ4v) is 3.61. The SMILES string of the molecule is O=C(NCCc1ccc(OCc2ccccc2)cc1)c1sccc1-n1cnnn1. The van der Waals surface area contributed by atoms with E-state index in [0.29, 0.717) is 23.7 Å². The normalized spacial score (nSPS) is 10.6. The number of rotatable bonds is 8. The highest BCUT2D eigenvalue weighted by atomic mass is 32.1. The second-order valence-corrected chi connectivity index (χ2v) is 7.23. The summed E-state index contributed by atoms with van der Waals surface area (Å²) in [7, 11) is 0. The molecule has 1 N–H and O–H groups in total. The molecule has 1 amide bonds. The van der Waals surface area contributed by atoms with Crippen molar-refractivity contribution >= 4 is 17.2 Å². The van der Waals surface area contributed by atoms with Gasteiger partial charge in [-0.1, -0.05) is 42.5 Å². The molecule has 2 heterocycles. The Kier molecular flexibility index (Phi) is 5.92. The molecule has 7 nitrogen and oxygen atoms in total. The van der Waals surface area contributed by atoms with Crippen molar-refractivity contribution in [1.29, 1.82) is 0 Å². The molecule has 0 saturated heterocycles. The molecule has 0 unspecified atom stereocenters. The van der Waals surface area contributed by atoms with E-state index < -0.39 is 0 Å². The first-order chi connectivity index (χ1) is 14.3. The number of hydrogen-bond acceptors (Lipinski definition) is 6. The van der Waals surface area contributed by atoms with Gasteiger partial charge in [-0.05, 0) is 51.6 Å². The summed E-state index contributed by atoms with van der Waals surface area (Å²) in [5.74, 6) is 0.694. The summed E-state index contributed by atoms with van der Waals surface area (Å²) in [6.07, 6.45) is 2.20. The number of carbonyl (C=O) groups excluding carboxylic acids is 1. The first-order valence-electron chi connectivity index (χ1n) is 9.14. The van der Waals surface area contributed by atoms with Crippen molar-refractivity contribution in [2.45, 2.75) is 13.0 Å². The van der Waals surface area contributed by atoms with Crippen LogP contribution in [0.2, 0.25) is 0 Å². The molecular formula is C21H19N5O2S.